The van der Waals surface area contributed by atoms with Gasteiger partial charge in [-0.3, -0.25) is 4.90 Å². The second-order valence-electron chi connectivity index (χ2n) is 6.32. The SMILES string of the molecule is C=CC(c1cnn(-c2ncccn2)c1C)N1CCc2ccccc2C1.Cl. The molecule has 1 atom stereocenters. The fourth-order valence-corrected chi connectivity index (χ4v) is 3.54. The zero-order valence-electron chi connectivity index (χ0n) is 14.7. The summed E-state index contributed by atoms with van der Waals surface area (Å²) in [6.45, 7) is 8.09. The van der Waals surface area contributed by atoms with E-state index in [9.17, 15) is 0 Å². The molecule has 0 spiro atoms. The maximum atomic E-state index is 4.51. The van der Waals surface area contributed by atoms with Gasteiger partial charge in [-0.15, -0.1) is 19.0 Å². The van der Waals surface area contributed by atoms with Crippen molar-refractivity contribution in [1.82, 2.24) is 24.6 Å². The molecule has 5 nitrogen and oxygen atoms in total. The zero-order valence-corrected chi connectivity index (χ0v) is 15.6. The van der Waals surface area contributed by atoms with Crippen molar-refractivity contribution in [2.75, 3.05) is 6.54 Å². The number of hydrogen-bond donors (Lipinski definition) is 0. The maximum absolute atomic E-state index is 4.51. The topological polar surface area (TPSA) is 46.8 Å². The fraction of sp³-hybridized carbons (Fsp3) is 0.250. The number of aromatic nitrogens is 4. The van der Waals surface area contributed by atoms with Crippen LogP contribution < -0.4 is 0 Å². The van der Waals surface area contributed by atoms with Crippen molar-refractivity contribution in [3.8, 4) is 5.95 Å². The molecular weight excluding hydrogens is 346 g/mol. The molecule has 0 saturated carbocycles. The Morgan fingerprint density at radius 3 is 2.58 bits per heavy atom. The molecule has 0 amide bonds. The molecule has 1 aromatic carbocycles. The number of fused-ring (bicyclic) bond motifs is 1. The molecule has 0 fully saturated rings. The lowest BCUT2D eigenvalue weighted by Gasteiger charge is -2.34. The van der Waals surface area contributed by atoms with Crippen molar-refractivity contribution in [3.63, 3.8) is 0 Å². The predicted octanol–water partition coefficient (Wildman–Crippen LogP) is 3.68. The molecule has 3 aromatic rings. The van der Waals surface area contributed by atoms with Crippen LogP contribution in [0.5, 0.6) is 0 Å². The van der Waals surface area contributed by atoms with Gasteiger partial charge in [-0.25, -0.2) is 14.6 Å². The third kappa shape index (κ3) is 3.28. The minimum atomic E-state index is 0. The molecule has 1 unspecified atom stereocenters. The zero-order chi connectivity index (χ0) is 17.2. The van der Waals surface area contributed by atoms with Crippen molar-refractivity contribution in [2.24, 2.45) is 0 Å². The molecule has 0 saturated heterocycles. The van der Waals surface area contributed by atoms with Gasteiger partial charge in [0.25, 0.3) is 5.95 Å². The van der Waals surface area contributed by atoms with Crippen LogP contribution >= 0.6 is 12.4 Å². The highest BCUT2D eigenvalue weighted by atomic mass is 35.5. The van der Waals surface area contributed by atoms with Gasteiger partial charge in [0.2, 0.25) is 0 Å². The minimum absolute atomic E-state index is 0. The number of benzene rings is 1. The minimum Gasteiger partial charge on any atom is -0.288 e. The molecular formula is C20H22ClN5. The first kappa shape index (κ1) is 18.3. The Morgan fingerprint density at radius 2 is 1.85 bits per heavy atom. The highest BCUT2D eigenvalue weighted by Crippen LogP contribution is 2.30. The van der Waals surface area contributed by atoms with Gasteiger partial charge >= 0.3 is 0 Å². The highest BCUT2D eigenvalue weighted by Gasteiger charge is 2.25. The lowest BCUT2D eigenvalue weighted by atomic mass is 9.96. The standard InChI is InChI=1S/C20H21N5.ClH/c1-3-19(24-12-9-16-7-4-5-8-17(16)14-24)18-13-23-25(15(18)2)20-21-10-6-11-22-20;/h3-8,10-11,13,19H,1,9,12,14H2,2H3;1H. The van der Waals surface area contributed by atoms with Crippen LogP contribution in [0.15, 0.2) is 61.6 Å². The van der Waals surface area contributed by atoms with E-state index in [0.717, 1.165) is 30.8 Å². The van der Waals surface area contributed by atoms with E-state index in [1.165, 1.54) is 11.1 Å². The van der Waals surface area contributed by atoms with Crippen LogP contribution in [0.2, 0.25) is 0 Å². The van der Waals surface area contributed by atoms with Crippen molar-refractivity contribution >= 4 is 12.4 Å². The van der Waals surface area contributed by atoms with Gasteiger partial charge in [0.1, 0.15) is 0 Å². The van der Waals surface area contributed by atoms with Crippen LogP contribution in [0, 0.1) is 6.92 Å². The Labute approximate surface area is 159 Å². The normalized spacial score (nSPS) is 15.0. The maximum Gasteiger partial charge on any atom is 0.250 e. The second-order valence-corrected chi connectivity index (χ2v) is 6.32. The van der Waals surface area contributed by atoms with Gasteiger partial charge in [0, 0.05) is 36.7 Å². The van der Waals surface area contributed by atoms with Crippen molar-refractivity contribution in [3.05, 3.63) is 84.0 Å². The molecule has 4 rings (SSSR count). The third-order valence-electron chi connectivity index (χ3n) is 4.88. The van der Waals surface area contributed by atoms with E-state index in [4.69, 9.17) is 0 Å². The molecule has 3 heterocycles. The van der Waals surface area contributed by atoms with Gasteiger partial charge in [-0.1, -0.05) is 30.3 Å². The molecule has 1 aliphatic rings. The predicted molar refractivity (Wildman–Crippen MR) is 105 cm³/mol. The van der Waals surface area contributed by atoms with E-state index in [-0.39, 0.29) is 18.4 Å². The van der Waals surface area contributed by atoms with Crippen LogP contribution in [0.3, 0.4) is 0 Å². The van der Waals surface area contributed by atoms with Gasteiger partial charge in [0.15, 0.2) is 0 Å². The summed E-state index contributed by atoms with van der Waals surface area (Å²) in [5.41, 5.74) is 5.06. The number of halogens is 1. The molecule has 2 aromatic heterocycles. The van der Waals surface area contributed by atoms with Crippen molar-refractivity contribution in [1.29, 1.82) is 0 Å². The molecule has 0 N–H and O–H groups in total. The van der Waals surface area contributed by atoms with E-state index >= 15 is 0 Å². The molecule has 6 heteroatoms. The molecule has 1 aliphatic heterocycles. The van der Waals surface area contributed by atoms with Crippen molar-refractivity contribution < 1.29 is 0 Å². The Kier molecular flexibility index (Phi) is 5.49. The molecule has 0 radical (unpaired) electrons. The van der Waals surface area contributed by atoms with Crippen LogP contribution in [0.1, 0.15) is 28.4 Å². The summed E-state index contributed by atoms with van der Waals surface area (Å²) in [5, 5.41) is 4.51. The van der Waals surface area contributed by atoms with E-state index in [1.54, 1.807) is 23.1 Å². The summed E-state index contributed by atoms with van der Waals surface area (Å²) >= 11 is 0. The van der Waals surface area contributed by atoms with Gasteiger partial charge in [-0.05, 0) is 30.5 Å². The monoisotopic (exact) mass is 367 g/mol. The molecule has 134 valence electrons. The van der Waals surface area contributed by atoms with E-state index in [1.807, 2.05) is 12.3 Å². The fourth-order valence-electron chi connectivity index (χ4n) is 3.54. The van der Waals surface area contributed by atoms with Crippen LogP contribution in [-0.2, 0) is 13.0 Å². The lowest BCUT2D eigenvalue weighted by molar-refractivity contribution is 0.211. The summed E-state index contributed by atoms with van der Waals surface area (Å²) in [5.74, 6) is 0.595. The summed E-state index contributed by atoms with van der Waals surface area (Å²) < 4.78 is 1.80. The van der Waals surface area contributed by atoms with Crippen LogP contribution in [-0.4, -0.2) is 31.2 Å². The molecule has 0 bridgehead atoms. The Morgan fingerprint density at radius 1 is 1.12 bits per heavy atom. The lowest BCUT2D eigenvalue weighted by Crippen LogP contribution is -2.33. The summed E-state index contributed by atoms with van der Waals surface area (Å²) in [6.07, 6.45) is 8.45. The molecule has 26 heavy (non-hydrogen) atoms. The summed E-state index contributed by atoms with van der Waals surface area (Å²) in [6, 6.07) is 10.6. The molecule has 0 aliphatic carbocycles. The number of nitrogens with zero attached hydrogens (tertiary/aromatic N) is 5. The Bertz CT molecular complexity index is 890. The quantitative estimate of drug-likeness (QED) is 0.660. The first-order valence-electron chi connectivity index (χ1n) is 8.53. The average molecular weight is 368 g/mol. The summed E-state index contributed by atoms with van der Waals surface area (Å²) in [7, 11) is 0. The van der Waals surface area contributed by atoms with Gasteiger partial charge in [0.05, 0.1) is 12.2 Å². The Balaban J connectivity index is 0.00000196. The first-order chi connectivity index (χ1) is 12.3. The Hall–Kier alpha value is -2.50. The third-order valence-corrected chi connectivity index (χ3v) is 4.88. The smallest absolute Gasteiger partial charge is 0.250 e. The van der Waals surface area contributed by atoms with Gasteiger partial charge in [-0.2, -0.15) is 5.10 Å². The van der Waals surface area contributed by atoms with Gasteiger partial charge < -0.3 is 0 Å². The number of hydrogen-bond acceptors (Lipinski definition) is 4. The van der Waals surface area contributed by atoms with Crippen molar-refractivity contribution in [2.45, 2.75) is 25.9 Å². The first-order valence-corrected chi connectivity index (χ1v) is 8.53. The van der Waals surface area contributed by atoms with E-state index in [0.29, 0.717) is 5.95 Å². The highest BCUT2D eigenvalue weighted by molar-refractivity contribution is 5.85. The van der Waals surface area contributed by atoms with E-state index in [2.05, 4.69) is 57.7 Å². The number of rotatable bonds is 4. The average Bonchev–Trinajstić information content (AvgIpc) is 3.04. The summed E-state index contributed by atoms with van der Waals surface area (Å²) in [4.78, 5) is 11.1. The van der Waals surface area contributed by atoms with Crippen LogP contribution in [0.4, 0.5) is 0 Å². The largest absolute Gasteiger partial charge is 0.288 e. The van der Waals surface area contributed by atoms with Crippen LogP contribution in [0.25, 0.3) is 5.95 Å². The van der Waals surface area contributed by atoms with E-state index < -0.39 is 0 Å². The second kappa shape index (κ2) is 7.81.